The number of fused-ring (bicyclic) bond motifs is 2. The van der Waals surface area contributed by atoms with Crippen molar-refractivity contribution in [1.29, 1.82) is 0 Å². The van der Waals surface area contributed by atoms with Crippen LogP contribution in [0, 0.1) is 24.0 Å². The van der Waals surface area contributed by atoms with Crippen LogP contribution in [0.2, 0.25) is 0 Å². The van der Waals surface area contributed by atoms with E-state index in [1.54, 1.807) is 6.92 Å². The van der Waals surface area contributed by atoms with Crippen molar-refractivity contribution in [3.8, 4) is 0 Å². The minimum Gasteiger partial charge on any atom is -0.363 e. The highest BCUT2D eigenvalue weighted by atomic mass is 19.2. The van der Waals surface area contributed by atoms with E-state index < -0.39 is 34.3 Å². The maximum absolute atomic E-state index is 14.3. The number of hydrogen-bond acceptors (Lipinski definition) is 1. The largest absolute Gasteiger partial charge is 0.363 e. The Bertz CT molecular complexity index is 642. The molecule has 120 valence electrons. The van der Waals surface area contributed by atoms with Gasteiger partial charge in [-0.2, -0.15) is 0 Å². The van der Waals surface area contributed by atoms with Gasteiger partial charge < -0.3 is 4.74 Å². The predicted molar refractivity (Wildman–Crippen MR) is 74.4 cm³/mol. The van der Waals surface area contributed by atoms with Crippen LogP contribution < -0.4 is 0 Å². The molecule has 0 radical (unpaired) electrons. The number of benzene rings is 1. The minimum absolute atomic E-state index is 0.0181. The Balaban J connectivity index is 1.84. The maximum atomic E-state index is 14.3. The lowest BCUT2D eigenvalue weighted by molar-refractivity contribution is -0.104. The summed E-state index contributed by atoms with van der Waals surface area (Å²) in [6.45, 7) is 2.89. The zero-order chi connectivity index (χ0) is 16.1. The molecule has 0 N–H and O–H groups in total. The molecule has 0 unspecified atom stereocenters. The van der Waals surface area contributed by atoms with Crippen LogP contribution in [-0.2, 0) is 11.3 Å². The van der Waals surface area contributed by atoms with Gasteiger partial charge in [-0.05, 0) is 38.2 Å². The molecule has 3 aliphatic rings. The molecule has 1 saturated carbocycles. The maximum Gasteiger partial charge on any atom is 0.164 e. The van der Waals surface area contributed by atoms with Crippen LogP contribution in [0.3, 0.4) is 0 Å². The Labute approximate surface area is 127 Å². The number of hydrogen-bond donors (Lipinski definition) is 0. The molecule has 1 nitrogen and oxygen atoms in total. The fraction of sp³-hybridized carbons (Fsp3) is 0.529. The van der Waals surface area contributed by atoms with Crippen molar-refractivity contribution in [2.45, 2.75) is 51.7 Å². The van der Waals surface area contributed by atoms with E-state index in [2.05, 4.69) is 0 Å². The summed E-state index contributed by atoms with van der Waals surface area (Å²) in [7, 11) is 0. The van der Waals surface area contributed by atoms with Gasteiger partial charge in [-0.15, -0.1) is 0 Å². The number of allylic oxidation sites excluding steroid dienone is 1. The number of rotatable bonds is 3. The summed E-state index contributed by atoms with van der Waals surface area (Å²) < 4.78 is 61.4. The quantitative estimate of drug-likeness (QED) is 0.690. The summed E-state index contributed by atoms with van der Waals surface area (Å²) in [5.74, 6) is -3.54. The topological polar surface area (TPSA) is 9.23 Å². The molecule has 1 aromatic rings. The third-order valence-corrected chi connectivity index (χ3v) is 5.14. The molecule has 0 atom stereocenters. The molecular formula is C17H18F4O. The highest BCUT2D eigenvalue weighted by molar-refractivity contribution is 5.29. The van der Waals surface area contributed by atoms with E-state index in [1.165, 1.54) is 19.1 Å². The van der Waals surface area contributed by atoms with Gasteiger partial charge in [-0.3, -0.25) is 0 Å². The van der Waals surface area contributed by atoms with Crippen molar-refractivity contribution in [2.75, 3.05) is 0 Å². The number of ether oxygens (including phenoxy) is 1. The Morgan fingerprint density at radius 2 is 1.59 bits per heavy atom. The molecule has 5 heteroatoms. The van der Waals surface area contributed by atoms with E-state index in [1.807, 2.05) is 0 Å². The van der Waals surface area contributed by atoms with Crippen LogP contribution in [0.1, 0.15) is 43.7 Å². The van der Waals surface area contributed by atoms with E-state index in [0.29, 0.717) is 25.7 Å². The van der Waals surface area contributed by atoms with Gasteiger partial charge in [0.15, 0.2) is 17.5 Å². The molecule has 3 aliphatic carbocycles. The van der Waals surface area contributed by atoms with E-state index in [0.717, 1.165) is 0 Å². The SMILES string of the molecule is Cc1ccc(COC23CCC(C)(CC2)C(F)=C3F)c(F)c1F. The Hall–Kier alpha value is -1.36. The third kappa shape index (κ3) is 2.18. The van der Waals surface area contributed by atoms with E-state index in [4.69, 9.17) is 4.74 Å². The van der Waals surface area contributed by atoms with Gasteiger partial charge in [0.05, 0.1) is 6.61 Å². The molecule has 0 spiro atoms. The molecule has 0 aromatic heterocycles. The lowest BCUT2D eigenvalue weighted by Crippen LogP contribution is -2.47. The monoisotopic (exact) mass is 314 g/mol. The highest BCUT2D eigenvalue weighted by Gasteiger charge is 2.54. The molecule has 1 aromatic carbocycles. The Morgan fingerprint density at radius 3 is 2.23 bits per heavy atom. The first-order valence-corrected chi connectivity index (χ1v) is 7.43. The van der Waals surface area contributed by atoms with Gasteiger partial charge in [0.25, 0.3) is 0 Å². The third-order valence-electron chi connectivity index (χ3n) is 5.14. The van der Waals surface area contributed by atoms with Gasteiger partial charge in [-0.1, -0.05) is 19.1 Å². The van der Waals surface area contributed by atoms with Crippen LogP contribution in [0.15, 0.2) is 23.8 Å². The van der Waals surface area contributed by atoms with E-state index >= 15 is 0 Å². The number of halogens is 4. The fourth-order valence-corrected chi connectivity index (χ4v) is 3.33. The minimum atomic E-state index is -1.32. The molecular weight excluding hydrogens is 296 g/mol. The average molecular weight is 314 g/mol. The molecule has 0 aliphatic heterocycles. The van der Waals surface area contributed by atoms with Crippen LogP contribution in [0.4, 0.5) is 17.6 Å². The van der Waals surface area contributed by atoms with Crippen LogP contribution >= 0.6 is 0 Å². The lowest BCUT2D eigenvalue weighted by Gasteiger charge is -2.48. The summed E-state index contributed by atoms with van der Waals surface area (Å²) in [4.78, 5) is 0. The van der Waals surface area contributed by atoms with Crippen molar-refractivity contribution in [3.63, 3.8) is 0 Å². The molecule has 1 fully saturated rings. The van der Waals surface area contributed by atoms with Gasteiger partial charge in [0.2, 0.25) is 0 Å². The summed E-state index contributed by atoms with van der Waals surface area (Å²) in [5, 5.41) is 0. The summed E-state index contributed by atoms with van der Waals surface area (Å²) in [5.41, 5.74) is -1.85. The fourth-order valence-electron chi connectivity index (χ4n) is 3.33. The zero-order valence-electron chi connectivity index (χ0n) is 12.6. The summed E-state index contributed by atoms with van der Waals surface area (Å²) >= 11 is 0. The lowest BCUT2D eigenvalue weighted by atomic mass is 9.63. The van der Waals surface area contributed by atoms with Crippen LogP contribution in [-0.4, -0.2) is 5.60 Å². The summed E-state index contributed by atoms with van der Waals surface area (Å²) in [6, 6.07) is 2.86. The Morgan fingerprint density at radius 1 is 0.955 bits per heavy atom. The first-order chi connectivity index (χ1) is 10.3. The molecule has 4 rings (SSSR count). The van der Waals surface area contributed by atoms with Crippen molar-refractivity contribution in [1.82, 2.24) is 0 Å². The number of aryl methyl sites for hydroxylation is 1. The van der Waals surface area contributed by atoms with Crippen molar-refractivity contribution >= 4 is 0 Å². The van der Waals surface area contributed by atoms with Crippen LogP contribution in [0.5, 0.6) is 0 Å². The van der Waals surface area contributed by atoms with E-state index in [9.17, 15) is 17.6 Å². The van der Waals surface area contributed by atoms with Gasteiger partial charge in [0, 0.05) is 11.0 Å². The predicted octanol–water partition coefficient (Wildman–Crippen LogP) is 5.27. The molecule has 2 bridgehead atoms. The normalized spacial score (nSPS) is 31.0. The second-order valence-electron chi connectivity index (χ2n) is 6.64. The van der Waals surface area contributed by atoms with E-state index in [-0.39, 0.29) is 17.7 Å². The molecule has 22 heavy (non-hydrogen) atoms. The molecule has 0 amide bonds. The van der Waals surface area contributed by atoms with Gasteiger partial charge in [-0.25, -0.2) is 17.6 Å². The highest BCUT2D eigenvalue weighted by Crippen LogP contribution is 2.57. The van der Waals surface area contributed by atoms with Gasteiger partial charge in [0.1, 0.15) is 11.4 Å². The van der Waals surface area contributed by atoms with Crippen molar-refractivity contribution in [3.05, 3.63) is 46.5 Å². The van der Waals surface area contributed by atoms with Crippen LogP contribution in [0.25, 0.3) is 0 Å². The standard InChI is InChI=1S/C17H18F4O/c1-10-3-4-11(13(19)12(10)18)9-22-17-7-5-16(2,6-8-17)14(20)15(17)21/h3-4H,5-9H2,1-2H3. The summed E-state index contributed by atoms with van der Waals surface area (Å²) in [6.07, 6.45) is 1.71. The van der Waals surface area contributed by atoms with Crippen molar-refractivity contribution in [2.24, 2.45) is 5.41 Å². The second-order valence-corrected chi connectivity index (χ2v) is 6.64. The second kappa shape index (κ2) is 5.08. The average Bonchev–Trinajstić information content (AvgIpc) is 2.51. The smallest absolute Gasteiger partial charge is 0.164 e. The van der Waals surface area contributed by atoms with Gasteiger partial charge >= 0.3 is 0 Å². The molecule has 0 heterocycles. The molecule has 0 saturated heterocycles. The zero-order valence-corrected chi connectivity index (χ0v) is 12.6. The van der Waals surface area contributed by atoms with Crippen molar-refractivity contribution < 1.29 is 22.3 Å². The Kier molecular flexibility index (Phi) is 3.59. The first kappa shape index (κ1) is 15.5. The first-order valence-electron chi connectivity index (χ1n) is 7.43.